The van der Waals surface area contributed by atoms with Crippen LogP contribution < -0.4 is 5.32 Å². The minimum Gasteiger partial charge on any atom is -0.317 e. The van der Waals surface area contributed by atoms with E-state index in [9.17, 15) is 0 Å². The average Bonchev–Trinajstić information content (AvgIpc) is 2.31. The SMILES string of the molecule is CNC1CCC(C)C(c2cncnc2)C1. The van der Waals surface area contributed by atoms with Crippen LogP contribution in [-0.4, -0.2) is 23.1 Å². The summed E-state index contributed by atoms with van der Waals surface area (Å²) in [6.07, 6.45) is 9.34. The second-order valence-electron chi connectivity index (χ2n) is 4.55. The van der Waals surface area contributed by atoms with Gasteiger partial charge >= 0.3 is 0 Å². The summed E-state index contributed by atoms with van der Waals surface area (Å²) in [6.45, 7) is 2.34. The molecular weight excluding hydrogens is 186 g/mol. The predicted molar refractivity (Wildman–Crippen MR) is 60.6 cm³/mol. The van der Waals surface area contributed by atoms with Crippen molar-refractivity contribution in [2.45, 2.75) is 38.1 Å². The number of hydrogen-bond donors (Lipinski definition) is 1. The standard InChI is InChI=1S/C12H19N3/c1-9-3-4-11(13-2)5-12(9)10-6-14-8-15-7-10/h6-9,11-13H,3-5H2,1-2H3. The van der Waals surface area contributed by atoms with E-state index in [0.717, 1.165) is 5.92 Å². The molecular formula is C12H19N3. The zero-order chi connectivity index (χ0) is 10.7. The van der Waals surface area contributed by atoms with Gasteiger partial charge in [0.15, 0.2) is 0 Å². The molecule has 0 aromatic carbocycles. The lowest BCUT2D eigenvalue weighted by molar-refractivity contribution is 0.276. The molecule has 0 radical (unpaired) electrons. The molecule has 1 aliphatic carbocycles. The Hall–Kier alpha value is -0.960. The van der Waals surface area contributed by atoms with Gasteiger partial charge < -0.3 is 5.32 Å². The van der Waals surface area contributed by atoms with E-state index in [4.69, 9.17) is 0 Å². The van der Waals surface area contributed by atoms with E-state index in [1.54, 1.807) is 6.33 Å². The van der Waals surface area contributed by atoms with E-state index < -0.39 is 0 Å². The first-order valence-electron chi connectivity index (χ1n) is 5.73. The van der Waals surface area contributed by atoms with Gasteiger partial charge in [0.1, 0.15) is 6.33 Å². The molecule has 0 aliphatic heterocycles. The third-order valence-electron chi connectivity index (χ3n) is 3.61. The number of nitrogens with one attached hydrogen (secondary N) is 1. The Bertz CT molecular complexity index is 299. The summed E-state index contributed by atoms with van der Waals surface area (Å²) in [7, 11) is 2.05. The van der Waals surface area contributed by atoms with Crippen LogP contribution in [0, 0.1) is 5.92 Å². The molecule has 3 atom stereocenters. The van der Waals surface area contributed by atoms with Crippen molar-refractivity contribution >= 4 is 0 Å². The highest BCUT2D eigenvalue weighted by molar-refractivity contribution is 5.13. The molecule has 3 nitrogen and oxygen atoms in total. The third-order valence-corrected chi connectivity index (χ3v) is 3.61. The summed E-state index contributed by atoms with van der Waals surface area (Å²) in [5.74, 6) is 1.37. The lowest BCUT2D eigenvalue weighted by atomic mass is 9.75. The third kappa shape index (κ3) is 2.34. The Morgan fingerprint density at radius 1 is 1.27 bits per heavy atom. The summed E-state index contributed by atoms with van der Waals surface area (Å²) >= 11 is 0. The molecule has 3 heteroatoms. The highest BCUT2D eigenvalue weighted by atomic mass is 14.9. The maximum Gasteiger partial charge on any atom is 0.115 e. The lowest BCUT2D eigenvalue weighted by Gasteiger charge is -2.34. The molecule has 1 N–H and O–H groups in total. The van der Waals surface area contributed by atoms with Crippen LogP contribution >= 0.6 is 0 Å². The van der Waals surface area contributed by atoms with Crippen molar-refractivity contribution in [1.29, 1.82) is 0 Å². The van der Waals surface area contributed by atoms with Gasteiger partial charge in [-0.25, -0.2) is 9.97 Å². The van der Waals surface area contributed by atoms with Crippen LogP contribution in [0.4, 0.5) is 0 Å². The van der Waals surface area contributed by atoms with Gasteiger partial charge in [0.25, 0.3) is 0 Å². The van der Waals surface area contributed by atoms with E-state index in [-0.39, 0.29) is 0 Å². The summed E-state index contributed by atoms with van der Waals surface area (Å²) in [5, 5.41) is 3.38. The topological polar surface area (TPSA) is 37.8 Å². The van der Waals surface area contributed by atoms with Crippen molar-refractivity contribution in [2.24, 2.45) is 5.92 Å². The summed E-state index contributed by atoms with van der Waals surface area (Å²) in [4.78, 5) is 8.23. The van der Waals surface area contributed by atoms with Crippen LogP contribution in [0.15, 0.2) is 18.7 Å². The molecule has 1 heterocycles. The van der Waals surface area contributed by atoms with Gasteiger partial charge in [-0.2, -0.15) is 0 Å². The number of rotatable bonds is 2. The Balaban J connectivity index is 2.13. The highest BCUT2D eigenvalue weighted by Crippen LogP contribution is 2.36. The van der Waals surface area contributed by atoms with Crippen molar-refractivity contribution in [1.82, 2.24) is 15.3 Å². The fourth-order valence-electron chi connectivity index (χ4n) is 2.55. The zero-order valence-electron chi connectivity index (χ0n) is 9.48. The van der Waals surface area contributed by atoms with Crippen molar-refractivity contribution in [2.75, 3.05) is 7.05 Å². The Morgan fingerprint density at radius 3 is 2.67 bits per heavy atom. The summed E-state index contributed by atoms with van der Waals surface area (Å²) in [5.41, 5.74) is 1.30. The van der Waals surface area contributed by atoms with Gasteiger partial charge in [0.2, 0.25) is 0 Å². The van der Waals surface area contributed by atoms with Gasteiger partial charge in [-0.3, -0.25) is 0 Å². The molecule has 0 spiro atoms. The van der Waals surface area contributed by atoms with Crippen LogP contribution in [0.1, 0.15) is 37.7 Å². The van der Waals surface area contributed by atoms with Gasteiger partial charge in [0, 0.05) is 18.4 Å². The maximum atomic E-state index is 4.11. The highest BCUT2D eigenvalue weighted by Gasteiger charge is 2.28. The van der Waals surface area contributed by atoms with Crippen molar-refractivity contribution < 1.29 is 0 Å². The fraction of sp³-hybridized carbons (Fsp3) is 0.667. The van der Waals surface area contributed by atoms with E-state index >= 15 is 0 Å². The minimum atomic E-state index is 0.623. The quantitative estimate of drug-likeness (QED) is 0.802. The second kappa shape index (κ2) is 4.71. The van der Waals surface area contributed by atoms with Crippen molar-refractivity contribution in [3.05, 3.63) is 24.3 Å². The molecule has 3 unspecified atom stereocenters. The molecule has 1 aromatic rings. The Labute approximate surface area is 91.3 Å². The lowest BCUT2D eigenvalue weighted by Crippen LogP contribution is -2.33. The molecule has 1 saturated carbocycles. The molecule has 0 bridgehead atoms. The molecule has 1 aliphatic rings. The van der Waals surface area contributed by atoms with Crippen LogP contribution in [0.3, 0.4) is 0 Å². The smallest absolute Gasteiger partial charge is 0.115 e. The van der Waals surface area contributed by atoms with Gasteiger partial charge in [-0.05, 0) is 43.7 Å². The monoisotopic (exact) mass is 205 g/mol. The normalized spacial score (nSPS) is 31.5. The average molecular weight is 205 g/mol. The summed E-state index contributed by atoms with van der Waals surface area (Å²) < 4.78 is 0. The molecule has 82 valence electrons. The fourth-order valence-corrected chi connectivity index (χ4v) is 2.55. The maximum absolute atomic E-state index is 4.11. The van der Waals surface area contributed by atoms with Gasteiger partial charge in [-0.1, -0.05) is 6.92 Å². The number of aromatic nitrogens is 2. The predicted octanol–water partition coefficient (Wildman–Crippen LogP) is 1.97. The Kier molecular flexibility index (Phi) is 3.31. The van der Waals surface area contributed by atoms with Crippen LogP contribution in [0.2, 0.25) is 0 Å². The van der Waals surface area contributed by atoms with Gasteiger partial charge in [-0.15, -0.1) is 0 Å². The van der Waals surface area contributed by atoms with Crippen molar-refractivity contribution in [3.63, 3.8) is 0 Å². The molecule has 15 heavy (non-hydrogen) atoms. The number of hydrogen-bond acceptors (Lipinski definition) is 3. The Morgan fingerprint density at radius 2 is 2.00 bits per heavy atom. The zero-order valence-corrected chi connectivity index (χ0v) is 9.48. The first-order chi connectivity index (χ1) is 7.31. The van der Waals surface area contributed by atoms with Crippen molar-refractivity contribution in [3.8, 4) is 0 Å². The molecule has 1 fully saturated rings. The van der Waals surface area contributed by atoms with E-state index in [1.165, 1.54) is 24.8 Å². The first-order valence-corrected chi connectivity index (χ1v) is 5.73. The van der Waals surface area contributed by atoms with Crippen LogP contribution in [0.5, 0.6) is 0 Å². The molecule has 0 saturated heterocycles. The van der Waals surface area contributed by atoms with E-state index in [0.29, 0.717) is 12.0 Å². The van der Waals surface area contributed by atoms with E-state index in [1.807, 2.05) is 12.4 Å². The van der Waals surface area contributed by atoms with Crippen LogP contribution in [-0.2, 0) is 0 Å². The minimum absolute atomic E-state index is 0.623. The first kappa shape index (κ1) is 10.6. The second-order valence-corrected chi connectivity index (χ2v) is 4.55. The van der Waals surface area contributed by atoms with E-state index in [2.05, 4.69) is 29.3 Å². The largest absolute Gasteiger partial charge is 0.317 e. The van der Waals surface area contributed by atoms with Gasteiger partial charge in [0.05, 0.1) is 0 Å². The number of nitrogens with zero attached hydrogens (tertiary/aromatic N) is 2. The molecule has 1 aromatic heterocycles. The van der Waals surface area contributed by atoms with Crippen LogP contribution in [0.25, 0.3) is 0 Å². The summed E-state index contributed by atoms with van der Waals surface area (Å²) in [6, 6.07) is 0.659. The molecule has 2 rings (SSSR count). The molecule has 0 amide bonds.